The van der Waals surface area contributed by atoms with Gasteiger partial charge in [-0.1, -0.05) is 67.1 Å². The lowest BCUT2D eigenvalue weighted by Crippen LogP contribution is -2.37. The van der Waals surface area contributed by atoms with Crippen LogP contribution < -0.4 is 0 Å². The van der Waals surface area contributed by atoms with Crippen molar-refractivity contribution in [2.45, 2.75) is 38.8 Å². The van der Waals surface area contributed by atoms with Crippen molar-refractivity contribution in [2.24, 2.45) is 17.8 Å². The van der Waals surface area contributed by atoms with E-state index in [1.165, 1.54) is 30.4 Å². The van der Waals surface area contributed by atoms with Crippen LogP contribution in [0.3, 0.4) is 0 Å². The predicted molar refractivity (Wildman–Crippen MR) is 96.1 cm³/mol. The number of fused-ring (bicyclic) bond motifs is 2. The predicted octanol–water partition coefficient (Wildman–Crippen LogP) is 4.65. The number of benzene rings is 2. The zero-order chi connectivity index (χ0) is 16.4. The third-order valence-corrected chi connectivity index (χ3v) is 5.80. The molecule has 0 unspecified atom stereocenters. The minimum atomic E-state index is 0.260. The van der Waals surface area contributed by atoms with E-state index < -0.39 is 0 Å². The highest BCUT2D eigenvalue weighted by atomic mass is 16.2. The van der Waals surface area contributed by atoms with Crippen molar-refractivity contribution in [1.29, 1.82) is 0 Å². The fourth-order valence-electron chi connectivity index (χ4n) is 4.60. The summed E-state index contributed by atoms with van der Waals surface area (Å²) in [6.45, 7) is 1.42. The molecule has 2 aliphatic rings. The molecule has 0 spiro atoms. The molecule has 2 heteroatoms. The van der Waals surface area contributed by atoms with Crippen LogP contribution in [0, 0.1) is 17.8 Å². The van der Waals surface area contributed by atoms with E-state index in [2.05, 4.69) is 53.4 Å². The molecule has 2 bridgehead atoms. The maximum absolute atomic E-state index is 13.3. The molecule has 2 aromatic rings. The van der Waals surface area contributed by atoms with E-state index in [0.29, 0.717) is 24.9 Å². The van der Waals surface area contributed by atoms with Crippen LogP contribution in [0.15, 0.2) is 60.7 Å². The van der Waals surface area contributed by atoms with Crippen molar-refractivity contribution in [3.63, 3.8) is 0 Å². The Balaban J connectivity index is 1.54. The molecule has 2 nitrogen and oxygen atoms in total. The van der Waals surface area contributed by atoms with E-state index in [0.717, 1.165) is 12.3 Å². The highest BCUT2D eigenvalue weighted by Crippen LogP contribution is 2.49. The molecule has 0 aliphatic heterocycles. The van der Waals surface area contributed by atoms with Crippen LogP contribution in [0.25, 0.3) is 0 Å². The van der Waals surface area contributed by atoms with E-state index in [9.17, 15) is 4.79 Å². The third kappa shape index (κ3) is 3.24. The smallest absolute Gasteiger partial charge is 0.226 e. The van der Waals surface area contributed by atoms with Crippen LogP contribution in [0.1, 0.15) is 36.8 Å². The Kier molecular flexibility index (Phi) is 4.38. The zero-order valence-corrected chi connectivity index (χ0v) is 14.1. The van der Waals surface area contributed by atoms with Crippen LogP contribution in [0.5, 0.6) is 0 Å². The van der Waals surface area contributed by atoms with Crippen molar-refractivity contribution >= 4 is 5.91 Å². The minimum absolute atomic E-state index is 0.260. The number of rotatable bonds is 5. The van der Waals surface area contributed by atoms with E-state index in [-0.39, 0.29) is 5.92 Å². The largest absolute Gasteiger partial charge is 0.334 e. The standard InChI is InChI=1S/C22H25NO/c24-22(21-14-19-11-12-20(21)13-19)23(15-17-7-3-1-4-8-17)16-18-9-5-2-6-10-18/h1-10,19-21H,11-16H2/t19-,20+,21+/m1/s1. The van der Waals surface area contributed by atoms with Gasteiger partial charge in [-0.05, 0) is 42.2 Å². The van der Waals surface area contributed by atoms with Gasteiger partial charge in [0.05, 0.1) is 0 Å². The lowest BCUT2D eigenvalue weighted by molar-refractivity contribution is -0.138. The van der Waals surface area contributed by atoms with E-state index >= 15 is 0 Å². The summed E-state index contributed by atoms with van der Waals surface area (Å²) in [7, 11) is 0. The van der Waals surface area contributed by atoms with E-state index in [1.54, 1.807) is 0 Å². The molecule has 24 heavy (non-hydrogen) atoms. The fourth-order valence-corrected chi connectivity index (χ4v) is 4.60. The number of carbonyl (C=O) groups is 1. The molecule has 2 aromatic carbocycles. The number of hydrogen-bond donors (Lipinski definition) is 0. The quantitative estimate of drug-likeness (QED) is 0.785. The van der Waals surface area contributed by atoms with Crippen molar-refractivity contribution < 1.29 is 4.79 Å². The summed E-state index contributed by atoms with van der Waals surface area (Å²) >= 11 is 0. The Morgan fingerprint density at radius 2 is 1.42 bits per heavy atom. The molecule has 2 fully saturated rings. The average molecular weight is 319 g/mol. The normalized spacial score (nSPS) is 24.9. The summed E-state index contributed by atoms with van der Waals surface area (Å²) in [5.41, 5.74) is 2.43. The Morgan fingerprint density at radius 3 is 1.88 bits per heavy atom. The fraction of sp³-hybridized carbons (Fsp3) is 0.409. The van der Waals surface area contributed by atoms with Gasteiger partial charge in [0.2, 0.25) is 5.91 Å². The first kappa shape index (κ1) is 15.4. The molecular formula is C22H25NO. The summed E-state index contributed by atoms with van der Waals surface area (Å²) in [4.78, 5) is 15.3. The summed E-state index contributed by atoms with van der Waals surface area (Å²) < 4.78 is 0. The average Bonchev–Trinajstić information content (AvgIpc) is 3.26. The van der Waals surface area contributed by atoms with Gasteiger partial charge in [0.1, 0.15) is 0 Å². The molecule has 0 aromatic heterocycles. The molecule has 0 heterocycles. The van der Waals surface area contributed by atoms with Crippen molar-refractivity contribution in [2.75, 3.05) is 0 Å². The van der Waals surface area contributed by atoms with E-state index in [4.69, 9.17) is 0 Å². The summed E-state index contributed by atoms with van der Waals surface area (Å²) in [6.07, 6.45) is 4.99. The second kappa shape index (κ2) is 6.80. The number of nitrogens with zero attached hydrogens (tertiary/aromatic N) is 1. The Hall–Kier alpha value is -2.09. The maximum atomic E-state index is 13.3. The van der Waals surface area contributed by atoms with Crippen molar-refractivity contribution in [3.05, 3.63) is 71.8 Å². The first-order valence-corrected chi connectivity index (χ1v) is 9.16. The number of hydrogen-bond acceptors (Lipinski definition) is 1. The monoisotopic (exact) mass is 319 g/mol. The van der Waals surface area contributed by atoms with Gasteiger partial charge in [-0.15, -0.1) is 0 Å². The van der Waals surface area contributed by atoms with Gasteiger partial charge in [0, 0.05) is 19.0 Å². The molecule has 4 rings (SSSR count). The minimum Gasteiger partial charge on any atom is -0.334 e. The van der Waals surface area contributed by atoms with Crippen molar-refractivity contribution in [1.82, 2.24) is 4.90 Å². The SMILES string of the molecule is O=C([C@H]1C[C@@H]2CC[C@H]1C2)N(Cc1ccccc1)Cc1ccccc1. The number of amides is 1. The van der Waals surface area contributed by atoms with Crippen LogP contribution in [0.2, 0.25) is 0 Å². The topological polar surface area (TPSA) is 20.3 Å². The second-order valence-electron chi connectivity index (χ2n) is 7.45. The summed E-state index contributed by atoms with van der Waals surface area (Å²) in [5, 5.41) is 0. The number of carbonyl (C=O) groups excluding carboxylic acids is 1. The van der Waals surface area contributed by atoms with Crippen LogP contribution in [0.4, 0.5) is 0 Å². The van der Waals surface area contributed by atoms with E-state index in [1.807, 2.05) is 12.1 Å². The van der Waals surface area contributed by atoms with Gasteiger partial charge < -0.3 is 4.90 Å². The molecule has 0 N–H and O–H groups in total. The first-order valence-electron chi connectivity index (χ1n) is 9.16. The lowest BCUT2D eigenvalue weighted by atomic mass is 9.87. The lowest BCUT2D eigenvalue weighted by Gasteiger charge is -2.30. The van der Waals surface area contributed by atoms with Crippen LogP contribution >= 0.6 is 0 Å². The first-order chi connectivity index (χ1) is 11.8. The summed E-state index contributed by atoms with van der Waals surface area (Å²) in [6, 6.07) is 20.7. The van der Waals surface area contributed by atoms with Gasteiger partial charge in [0.15, 0.2) is 0 Å². The maximum Gasteiger partial charge on any atom is 0.226 e. The highest BCUT2D eigenvalue weighted by Gasteiger charge is 2.44. The zero-order valence-electron chi connectivity index (χ0n) is 14.1. The van der Waals surface area contributed by atoms with Gasteiger partial charge in [0.25, 0.3) is 0 Å². The molecule has 2 aliphatic carbocycles. The molecule has 124 valence electrons. The molecule has 2 saturated carbocycles. The Bertz CT molecular complexity index is 640. The second-order valence-corrected chi connectivity index (χ2v) is 7.45. The molecule has 0 saturated heterocycles. The Labute approximate surface area is 144 Å². The van der Waals surface area contributed by atoms with Crippen molar-refractivity contribution in [3.8, 4) is 0 Å². The van der Waals surface area contributed by atoms with Gasteiger partial charge in [-0.3, -0.25) is 4.79 Å². The van der Waals surface area contributed by atoms with Gasteiger partial charge in [-0.25, -0.2) is 0 Å². The Morgan fingerprint density at radius 1 is 0.833 bits per heavy atom. The van der Waals surface area contributed by atoms with Crippen LogP contribution in [-0.4, -0.2) is 10.8 Å². The molecule has 0 radical (unpaired) electrons. The molecule has 3 atom stereocenters. The molecular weight excluding hydrogens is 294 g/mol. The van der Waals surface area contributed by atoms with Gasteiger partial charge >= 0.3 is 0 Å². The van der Waals surface area contributed by atoms with Crippen LogP contribution in [-0.2, 0) is 17.9 Å². The summed E-state index contributed by atoms with van der Waals surface area (Å²) in [5.74, 6) is 2.07. The molecule has 1 amide bonds. The third-order valence-electron chi connectivity index (χ3n) is 5.80. The van der Waals surface area contributed by atoms with Gasteiger partial charge in [-0.2, -0.15) is 0 Å². The highest BCUT2D eigenvalue weighted by molar-refractivity contribution is 5.79.